The van der Waals surface area contributed by atoms with Crippen molar-refractivity contribution in [2.45, 2.75) is 137 Å². The monoisotopic (exact) mass is 602 g/mol. The Balaban J connectivity index is 1.74. The molecule has 4 rings (SSSR count). The number of hydrogen-bond donors (Lipinski definition) is 2. The van der Waals surface area contributed by atoms with E-state index in [0.717, 1.165) is 24.8 Å². The first-order valence-corrected chi connectivity index (χ1v) is 16.3. The maximum absolute atomic E-state index is 12.8. The van der Waals surface area contributed by atoms with E-state index in [4.69, 9.17) is 14.2 Å². The fourth-order valence-electron chi connectivity index (χ4n) is 9.79. The Morgan fingerprint density at radius 1 is 0.953 bits per heavy atom. The van der Waals surface area contributed by atoms with E-state index in [-0.39, 0.29) is 23.2 Å². The van der Waals surface area contributed by atoms with Crippen molar-refractivity contribution in [3.63, 3.8) is 0 Å². The molecule has 0 unspecified atom stereocenters. The summed E-state index contributed by atoms with van der Waals surface area (Å²) in [5.74, 6) is -1.25. The van der Waals surface area contributed by atoms with E-state index < -0.39 is 59.3 Å². The quantitative estimate of drug-likeness (QED) is 0.207. The van der Waals surface area contributed by atoms with Crippen molar-refractivity contribution in [3.05, 3.63) is 23.3 Å². The van der Waals surface area contributed by atoms with Crippen LogP contribution >= 0.6 is 0 Å². The van der Waals surface area contributed by atoms with Crippen molar-refractivity contribution < 1.29 is 38.8 Å². The zero-order valence-corrected chi connectivity index (χ0v) is 27.6. The molecule has 8 nitrogen and oxygen atoms in total. The smallest absolute Gasteiger partial charge is 0.303 e. The zero-order chi connectivity index (χ0) is 32.1. The number of hydrogen-bond acceptors (Lipinski definition) is 8. The van der Waals surface area contributed by atoms with Gasteiger partial charge in [-0.1, -0.05) is 46.3 Å². The zero-order valence-electron chi connectivity index (χ0n) is 27.6. The van der Waals surface area contributed by atoms with Gasteiger partial charge in [0.05, 0.1) is 11.7 Å². The molecule has 3 saturated carbocycles. The minimum Gasteiger partial charge on any atom is -0.459 e. The van der Waals surface area contributed by atoms with E-state index in [9.17, 15) is 24.6 Å². The largest absolute Gasteiger partial charge is 0.459 e. The van der Waals surface area contributed by atoms with Gasteiger partial charge in [-0.2, -0.15) is 0 Å². The molecule has 0 aromatic heterocycles. The molecule has 2 N–H and O–H groups in total. The Bertz CT molecular complexity index is 1160. The molecular weight excluding hydrogens is 548 g/mol. The number of fused-ring (bicyclic) bond motifs is 5. The summed E-state index contributed by atoms with van der Waals surface area (Å²) in [6.45, 7) is 16.9. The molecule has 0 aromatic carbocycles. The van der Waals surface area contributed by atoms with Crippen molar-refractivity contribution in [1.29, 1.82) is 0 Å². The fraction of sp³-hybridized carbons (Fsp3) is 0.800. The third-order valence-electron chi connectivity index (χ3n) is 12.1. The van der Waals surface area contributed by atoms with E-state index >= 15 is 0 Å². The van der Waals surface area contributed by atoms with Gasteiger partial charge in [-0.05, 0) is 92.6 Å². The van der Waals surface area contributed by atoms with Crippen LogP contribution in [0.4, 0.5) is 0 Å². The molecule has 4 aliphatic rings. The van der Waals surface area contributed by atoms with Crippen molar-refractivity contribution in [2.75, 3.05) is 0 Å². The number of aliphatic hydroxyl groups is 2. The Morgan fingerprint density at radius 2 is 1.58 bits per heavy atom. The molecule has 3 fully saturated rings. The predicted molar refractivity (Wildman–Crippen MR) is 162 cm³/mol. The van der Waals surface area contributed by atoms with Crippen molar-refractivity contribution in [3.8, 4) is 0 Å². The van der Waals surface area contributed by atoms with E-state index in [1.807, 2.05) is 19.9 Å². The van der Waals surface area contributed by atoms with Gasteiger partial charge in [0.1, 0.15) is 18.3 Å². The summed E-state index contributed by atoms with van der Waals surface area (Å²) in [6.07, 6.45) is 6.01. The molecule has 8 heteroatoms. The van der Waals surface area contributed by atoms with E-state index in [0.29, 0.717) is 31.6 Å². The molecule has 0 heterocycles. The highest BCUT2D eigenvalue weighted by Gasteiger charge is 2.69. The van der Waals surface area contributed by atoms with Crippen LogP contribution in [0.15, 0.2) is 23.3 Å². The lowest BCUT2D eigenvalue weighted by Gasteiger charge is -2.64. The summed E-state index contributed by atoms with van der Waals surface area (Å²) in [5.41, 5.74) is 0.0445. The molecule has 0 amide bonds. The summed E-state index contributed by atoms with van der Waals surface area (Å²) in [7, 11) is 0. The molecule has 0 spiro atoms. The number of carbonyl (C=O) groups is 3. The molecule has 0 saturated heterocycles. The van der Waals surface area contributed by atoms with Crippen molar-refractivity contribution in [2.24, 2.45) is 40.4 Å². The van der Waals surface area contributed by atoms with Gasteiger partial charge in [0, 0.05) is 32.1 Å². The topological polar surface area (TPSA) is 119 Å². The number of carbonyl (C=O) groups excluding carboxylic acids is 3. The van der Waals surface area contributed by atoms with Crippen LogP contribution in [-0.2, 0) is 28.6 Å². The van der Waals surface area contributed by atoms with Crippen LogP contribution in [0.5, 0.6) is 0 Å². The molecule has 0 aliphatic heterocycles. The van der Waals surface area contributed by atoms with Gasteiger partial charge in [-0.25, -0.2) is 0 Å². The number of aliphatic hydroxyl groups excluding tert-OH is 1. The Kier molecular flexibility index (Phi) is 9.64. The van der Waals surface area contributed by atoms with Crippen LogP contribution in [0.2, 0.25) is 0 Å². The van der Waals surface area contributed by atoms with Gasteiger partial charge in [0.2, 0.25) is 0 Å². The molecule has 0 radical (unpaired) electrons. The number of esters is 3. The predicted octanol–water partition coefficient (Wildman–Crippen LogP) is 5.68. The first-order valence-electron chi connectivity index (χ1n) is 16.3. The first kappa shape index (κ1) is 33.7. The third kappa shape index (κ3) is 5.83. The van der Waals surface area contributed by atoms with Crippen LogP contribution in [0, 0.1) is 40.4 Å². The van der Waals surface area contributed by atoms with Gasteiger partial charge in [-0.15, -0.1) is 0 Å². The Labute approximate surface area is 257 Å². The standard InChI is InChI=1S/C35H54O8/c1-10-24(19(2)3)17-28(39)20(4)25-11-12-26-27-18-30(42-22(6)37)31-32(43-23(7)38)29(41-21(5)36)13-14-34(31,9)35(27,40)16-15-33(25,26)8/h10,18-20,25-26,28-32,39-40H,11-17H2,1-9H3/b24-10+/t20-,25+,26-,28+,29-,30-,31-,32-,33+,34-,35+/m0/s1. The highest BCUT2D eigenvalue weighted by atomic mass is 16.6. The molecule has 0 aromatic rings. The van der Waals surface area contributed by atoms with Crippen molar-refractivity contribution in [1.82, 2.24) is 0 Å². The molecule has 0 bridgehead atoms. The van der Waals surface area contributed by atoms with E-state index in [1.165, 1.54) is 26.3 Å². The summed E-state index contributed by atoms with van der Waals surface area (Å²) < 4.78 is 17.4. The third-order valence-corrected chi connectivity index (χ3v) is 12.1. The van der Waals surface area contributed by atoms with Crippen LogP contribution in [0.25, 0.3) is 0 Å². The molecular formula is C35H54O8. The van der Waals surface area contributed by atoms with Crippen LogP contribution in [0.3, 0.4) is 0 Å². The van der Waals surface area contributed by atoms with Crippen molar-refractivity contribution >= 4 is 17.9 Å². The van der Waals surface area contributed by atoms with Gasteiger partial charge >= 0.3 is 17.9 Å². The number of allylic oxidation sites excluding steroid dienone is 1. The van der Waals surface area contributed by atoms with E-state index in [1.54, 1.807) is 0 Å². The van der Waals surface area contributed by atoms with Gasteiger partial charge < -0.3 is 24.4 Å². The summed E-state index contributed by atoms with van der Waals surface area (Å²) >= 11 is 0. The lowest BCUT2D eigenvalue weighted by atomic mass is 9.44. The lowest BCUT2D eigenvalue weighted by molar-refractivity contribution is -0.231. The maximum Gasteiger partial charge on any atom is 0.303 e. The highest BCUT2D eigenvalue weighted by Crippen LogP contribution is 2.69. The van der Waals surface area contributed by atoms with Crippen LogP contribution in [-0.4, -0.2) is 58.1 Å². The molecule has 11 atom stereocenters. The first-order chi connectivity index (χ1) is 20.0. The Morgan fingerprint density at radius 3 is 2.14 bits per heavy atom. The summed E-state index contributed by atoms with van der Waals surface area (Å²) in [5, 5.41) is 24.2. The molecule has 43 heavy (non-hydrogen) atoms. The van der Waals surface area contributed by atoms with E-state index in [2.05, 4.69) is 33.8 Å². The average molecular weight is 603 g/mol. The van der Waals surface area contributed by atoms with Gasteiger partial charge in [-0.3, -0.25) is 14.4 Å². The SMILES string of the molecule is C/C=C(\C[C@@H](O)[C@@H](C)[C@H]1CC[C@H]2C3=C[C@H](OC(C)=O)[C@H]4[C@@H](OC(C)=O)[C@@H](OC(C)=O)CC[C@]4(C)[C@@]3(O)CC[C@]12C)C(C)C. The van der Waals surface area contributed by atoms with Gasteiger partial charge in [0.15, 0.2) is 0 Å². The van der Waals surface area contributed by atoms with Crippen LogP contribution in [0.1, 0.15) is 107 Å². The minimum absolute atomic E-state index is 0.0615. The normalized spacial score (nSPS) is 40.4. The maximum atomic E-state index is 12.8. The second-order valence-electron chi connectivity index (χ2n) is 14.7. The fourth-order valence-corrected chi connectivity index (χ4v) is 9.79. The highest BCUT2D eigenvalue weighted by molar-refractivity contribution is 5.68. The summed E-state index contributed by atoms with van der Waals surface area (Å²) in [6, 6.07) is 0. The van der Waals surface area contributed by atoms with Gasteiger partial charge in [0.25, 0.3) is 0 Å². The molecule has 4 aliphatic carbocycles. The lowest BCUT2D eigenvalue weighted by Crippen LogP contribution is -2.68. The number of rotatable bonds is 8. The average Bonchev–Trinajstić information content (AvgIpc) is 3.25. The van der Waals surface area contributed by atoms with Crippen LogP contribution < -0.4 is 0 Å². The summed E-state index contributed by atoms with van der Waals surface area (Å²) in [4.78, 5) is 36.8. The second kappa shape index (κ2) is 12.3. The molecule has 242 valence electrons. The number of ether oxygens (including phenoxy) is 3. The minimum atomic E-state index is -1.20. The Hall–Kier alpha value is -2.19. The second-order valence-corrected chi connectivity index (χ2v) is 14.7.